The molecular formula is C23H31NO. The summed E-state index contributed by atoms with van der Waals surface area (Å²) in [6.45, 7) is 4.44. The molecule has 0 radical (unpaired) electrons. The molecular weight excluding hydrogens is 306 g/mol. The molecule has 1 heterocycles. The minimum Gasteiger partial charge on any atom is -0.345 e. The highest BCUT2D eigenvalue weighted by Crippen LogP contribution is 2.34. The summed E-state index contributed by atoms with van der Waals surface area (Å²) < 4.78 is 2.15. The number of rotatable bonds is 7. The van der Waals surface area contributed by atoms with Gasteiger partial charge in [-0.1, -0.05) is 51.0 Å². The zero-order chi connectivity index (χ0) is 17.8. The Kier molecular flexibility index (Phi) is 5.78. The van der Waals surface area contributed by atoms with Gasteiger partial charge in [0.1, 0.15) is 0 Å². The lowest BCUT2D eigenvalue weighted by Crippen LogP contribution is -2.10. The first-order valence-electron chi connectivity index (χ1n) is 9.84. The maximum absolute atomic E-state index is 12.6. The van der Waals surface area contributed by atoms with Gasteiger partial charge >= 0.3 is 0 Å². The molecule has 0 amide bonds. The van der Waals surface area contributed by atoms with Crippen molar-refractivity contribution in [1.29, 1.82) is 0 Å². The molecule has 1 aliphatic rings. The summed E-state index contributed by atoms with van der Waals surface area (Å²) in [6.07, 6.45) is 7.74. The molecule has 0 bridgehead atoms. The molecule has 0 spiro atoms. The fraction of sp³-hybridized carbons (Fsp3) is 0.522. The lowest BCUT2D eigenvalue weighted by atomic mass is 9.98. The Labute approximate surface area is 152 Å². The van der Waals surface area contributed by atoms with E-state index in [4.69, 9.17) is 0 Å². The Bertz CT molecular complexity index is 719. The Morgan fingerprint density at radius 3 is 2.64 bits per heavy atom. The van der Waals surface area contributed by atoms with Crippen molar-refractivity contribution in [2.24, 2.45) is 7.05 Å². The number of aryl methyl sites for hydroxylation is 1. The summed E-state index contributed by atoms with van der Waals surface area (Å²) in [6, 6.07) is 13.0. The van der Waals surface area contributed by atoms with Crippen LogP contribution >= 0.6 is 0 Å². The largest absolute Gasteiger partial charge is 0.345 e. The van der Waals surface area contributed by atoms with E-state index in [0.717, 1.165) is 18.5 Å². The van der Waals surface area contributed by atoms with Gasteiger partial charge in [-0.15, -0.1) is 0 Å². The zero-order valence-corrected chi connectivity index (χ0v) is 15.9. The SMILES string of the molecule is CC(C)c1cccc(CCCC(=O)c2ccc(C3CCCC3)n2C)c1. The zero-order valence-electron chi connectivity index (χ0n) is 15.9. The van der Waals surface area contributed by atoms with Gasteiger partial charge in [0.2, 0.25) is 0 Å². The lowest BCUT2D eigenvalue weighted by Gasteiger charge is -2.12. The van der Waals surface area contributed by atoms with Gasteiger partial charge < -0.3 is 4.57 Å². The quantitative estimate of drug-likeness (QED) is 0.567. The Morgan fingerprint density at radius 2 is 1.92 bits per heavy atom. The van der Waals surface area contributed by atoms with E-state index in [1.165, 1.54) is 42.5 Å². The molecule has 2 heteroatoms. The third-order valence-corrected chi connectivity index (χ3v) is 5.71. The minimum atomic E-state index is 0.284. The summed E-state index contributed by atoms with van der Waals surface area (Å²) in [5.74, 6) is 1.50. The van der Waals surface area contributed by atoms with Crippen molar-refractivity contribution < 1.29 is 4.79 Å². The highest BCUT2D eigenvalue weighted by Gasteiger charge is 2.22. The number of nitrogens with zero attached hydrogens (tertiary/aromatic N) is 1. The number of Topliss-reactive ketones (excluding diaryl/α,β-unsaturated/α-hetero) is 1. The number of ketones is 1. The molecule has 2 aromatic rings. The monoisotopic (exact) mass is 337 g/mol. The first-order valence-corrected chi connectivity index (χ1v) is 9.84. The number of carbonyl (C=O) groups excluding carboxylic acids is 1. The molecule has 0 atom stereocenters. The molecule has 1 aromatic carbocycles. The van der Waals surface area contributed by atoms with Gasteiger partial charge in [-0.25, -0.2) is 0 Å². The highest BCUT2D eigenvalue weighted by molar-refractivity contribution is 5.94. The molecule has 1 aliphatic carbocycles. The van der Waals surface area contributed by atoms with E-state index in [1.807, 2.05) is 6.07 Å². The standard InChI is InChI=1S/C23H31NO/c1-17(2)20-12-6-8-18(16-20)9-7-13-23(25)22-15-14-21(24(22)3)19-10-4-5-11-19/h6,8,12,14-17,19H,4-5,7,9-11,13H2,1-3H3. The van der Waals surface area contributed by atoms with Gasteiger partial charge in [-0.3, -0.25) is 4.79 Å². The van der Waals surface area contributed by atoms with Crippen LogP contribution in [0.5, 0.6) is 0 Å². The second-order valence-electron chi connectivity index (χ2n) is 7.86. The van der Waals surface area contributed by atoms with Crippen LogP contribution in [0.25, 0.3) is 0 Å². The summed E-state index contributed by atoms with van der Waals surface area (Å²) in [5, 5.41) is 0. The van der Waals surface area contributed by atoms with Crippen LogP contribution in [-0.4, -0.2) is 10.4 Å². The summed E-state index contributed by atoms with van der Waals surface area (Å²) in [5.41, 5.74) is 4.97. The van der Waals surface area contributed by atoms with Crippen molar-refractivity contribution in [3.63, 3.8) is 0 Å². The van der Waals surface area contributed by atoms with Crippen LogP contribution < -0.4 is 0 Å². The van der Waals surface area contributed by atoms with Crippen LogP contribution in [0.1, 0.15) is 91.5 Å². The van der Waals surface area contributed by atoms with Crippen LogP contribution in [-0.2, 0) is 13.5 Å². The van der Waals surface area contributed by atoms with Gasteiger partial charge in [0, 0.05) is 19.2 Å². The van der Waals surface area contributed by atoms with Crippen molar-refractivity contribution in [1.82, 2.24) is 4.57 Å². The Hall–Kier alpha value is -1.83. The van der Waals surface area contributed by atoms with Crippen molar-refractivity contribution in [2.45, 2.75) is 70.6 Å². The molecule has 2 nitrogen and oxygen atoms in total. The molecule has 0 saturated heterocycles. The normalized spacial score (nSPS) is 15.2. The topological polar surface area (TPSA) is 22.0 Å². The lowest BCUT2D eigenvalue weighted by molar-refractivity contribution is 0.0972. The minimum absolute atomic E-state index is 0.284. The Balaban J connectivity index is 1.57. The van der Waals surface area contributed by atoms with E-state index in [0.29, 0.717) is 18.3 Å². The van der Waals surface area contributed by atoms with Crippen molar-refractivity contribution in [3.8, 4) is 0 Å². The van der Waals surface area contributed by atoms with Gasteiger partial charge in [0.15, 0.2) is 5.78 Å². The van der Waals surface area contributed by atoms with Crippen molar-refractivity contribution in [3.05, 3.63) is 58.9 Å². The van der Waals surface area contributed by atoms with E-state index >= 15 is 0 Å². The molecule has 134 valence electrons. The van der Waals surface area contributed by atoms with E-state index < -0.39 is 0 Å². The number of carbonyl (C=O) groups is 1. The van der Waals surface area contributed by atoms with E-state index in [-0.39, 0.29) is 5.78 Å². The van der Waals surface area contributed by atoms with Crippen molar-refractivity contribution in [2.75, 3.05) is 0 Å². The van der Waals surface area contributed by atoms with E-state index in [1.54, 1.807) is 0 Å². The number of aromatic nitrogens is 1. The predicted molar refractivity (Wildman–Crippen MR) is 104 cm³/mol. The third kappa shape index (κ3) is 4.23. The average Bonchev–Trinajstić information content (AvgIpc) is 3.24. The van der Waals surface area contributed by atoms with Crippen LogP contribution in [0.2, 0.25) is 0 Å². The molecule has 0 unspecified atom stereocenters. The Morgan fingerprint density at radius 1 is 1.16 bits per heavy atom. The van der Waals surface area contributed by atoms with Crippen LogP contribution in [0.4, 0.5) is 0 Å². The number of hydrogen-bond donors (Lipinski definition) is 0. The maximum Gasteiger partial charge on any atom is 0.179 e. The van der Waals surface area contributed by atoms with Crippen molar-refractivity contribution >= 4 is 5.78 Å². The molecule has 25 heavy (non-hydrogen) atoms. The first kappa shape index (κ1) is 18.0. The maximum atomic E-state index is 12.6. The van der Waals surface area contributed by atoms with Crippen LogP contribution in [0.3, 0.4) is 0 Å². The average molecular weight is 338 g/mol. The van der Waals surface area contributed by atoms with Gasteiger partial charge in [0.25, 0.3) is 0 Å². The fourth-order valence-corrected chi connectivity index (χ4v) is 4.13. The molecule has 1 fully saturated rings. The van der Waals surface area contributed by atoms with E-state index in [2.05, 4.69) is 55.8 Å². The van der Waals surface area contributed by atoms with Gasteiger partial charge in [-0.05, 0) is 60.8 Å². The molecule has 1 saturated carbocycles. The van der Waals surface area contributed by atoms with Gasteiger partial charge in [0.05, 0.1) is 5.69 Å². The summed E-state index contributed by atoms with van der Waals surface area (Å²) >= 11 is 0. The van der Waals surface area contributed by atoms with E-state index in [9.17, 15) is 4.79 Å². The highest BCUT2D eigenvalue weighted by atomic mass is 16.1. The third-order valence-electron chi connectivity index (χ3n) is 5.71. The smallest absolute Gasteiger partial charge is 0.179 e. The van der Waals surface area contributed by atoms with Crippen LogP contribution in [0, 0.1) is 0 Å². The summed E-state index contributed by atoms with van der Waals surface area (Å²) in [7, 11) is 2.06. The number of benzene rings is 1. The molecule has 0 N–H and O–H groups in total. The second-order valence-corrected chi connectivity index (χ2v) is 7.86. The molecule has 1 aromatic heterocycles. The molecule has 3 rings (SSSR count). The first-order chi connectivity index (χ1) is 12.1. The van der Waals surface area contributed by atoms with Crippen LogP contribution in [0.15, 0.2) is 36.4 Å². The summed E-state index contributed by atoms with van der Waals surface area (Å²) in [4.78, 5) is 12.6. The fourth-order valence-electron chi connectivity index (χ4n) is 4.13. The van der Waals surface area contributed by atoms with Gasteiger partial charge in [-0.2, -0.15) is 0 Å². The predicted octanol–water partition coefficient (Wildman–Crippen LogP) is 6.01. The molecule has 0 aliphatic heterocycles. The second kappa shape index (κ2) is 8.03. The number of hydrogen-bond acceptors (Lipinski definition) is 1.